The number of hydrogen-bond donors (Lipinski definition) is 2. The zero-order valence-corrected chi connectivity index (χ0v) is 16.5. The van der Waals surface area contributed by atoms with Gasteiger partial charge >= 0.3 is 11.9 Å². The fraction of sp³-hybridized carbons (Fsp3) is 0.250. The zero-order chi connectivity index (χ0) is 20.1. The van der Waals surface area contributed by atoms with Crippen LogP contribution in [-0.4, -0.2) is 27.3 Å². The highest BCUT2D eigenvalue weighted by Gasteiger charge is 2.23. The van der Waals surface area contributed by atoms with Gasteiger partial charge in [-0.15, -0.1) is 0 Å². The Bertz CT molecular complexity index is 938. The number of nitrogens with one attached hydrogen (secondary N) is 1. The first-order valence-corrected chi connectivity index (χ1v) is 9.32. The van der Waals surface area contributed by atoms with Crippen LogP contribution in [0.15, 0.2) is 53.2 Å². The largest absolute Gasteiger partial charge is 0.491 e. The van der Waals surface area contributed by atoms with Crippen LogP contribution in [0.25, 0.3) is 11.0 Å². The minimum atomic E-state index is -0.695. The lowest BCUT2D eigenvalue weighted by atomic mass is 10.2. The standard InChI is InChI=1S/C20H21N3O4S/c1-3-4-13(2)26-16-7-5-15(6-8-16)22-20(25)23(28)19(24)17-11-14-9-10-21-12-18(14)27-17/h5-13,28H,3-4H2,1-2H3,(H,22,25). The number of anilines is 1. The number of nitrogens with zero attached hydrogens (tertiary/aromatic N) is 2. The third-order valence-electron chi connectivity index (χ3n) is 4.06. The van der Waals surface area contributed by atoms with Crippen LogP contribution in [0, 0.1) is 0 Å². The molecule has 0 saturated carbocycles. The molecule has 2 aromatic heterocycles. The average Bonchev–Trinajstić information content (AvgIpc) is 3.12. The van der Waals surface area contributed by atoms with Crippen molar-refractivity contribution in [2.75, 3.05) is 5.32 Å². The number of ether oxygens (including phenoxy) is 1. The Morgan fingerprint density at radius 3 is 2.71 bits per heavy atom. The molecule has 1 atom stereocenters. The van der Waals surface area contributed by atoms with E-state index < -0.39 is 11.9 Å². The summed E-state index contributed by atoms with van der Waals surface area (Å²) < 4.78 is 11.9. The topological polar surface area (TPSA) is 84.7 Å². The molecule has 146 valence electrons. The molecule has 2 heterocycles. The Labute approximate surface area is 168 Å². The number of hydrogen-bond acceptors (Lipinski definition) is 6. The predicted molar refractivity (Wildman–Crippen MR) is 110 cm³/mol. The lowest BCUT2D eigenvalue weighted by molar-refractivity contribution is 0.0875. The molecule has 0 aliphatic heterocycles. The molecule has 0 spiro atoms. The van der Waals surface area contributed by atoms with Gasteiger partial charge in [0.2, 0.25) is 0 Å². The lowest BCUT2D eigenvalue weighted by Crippen LogP contribution is -2.32. The third kappa shape index (κ3) is 4.64. The molecule has 3 rings (SSSR count). The van der Waals surface area contributed by atoms with Crippen LogP contribution in [0.5, 0.6) is 5.75 Å². The number of carbonyl (C=O) groups excluding carboxylic acids is 2. The van der Waals surface area contributed by atoms with Crippen molar-refractivity contribution in [3.05, 3.63) is 54.6 Å². The highest BCUT2D eigenvalue weighted by Crippen LogP contribution is 2.21. The van der Waals surface area contributed by atoms with Gasteiger partial charge in [0.25, 0.3) is 0 Å². The van der Waals surface area contributed by atoms with Crippen LogP contribution in [0.3, 0.4) is 0 Å². The quantitative estimate of drug-likeness (QED) is 0.575. The summed E-state index contributed by atoms with van der Waals surface area (Å²) in [6.07, 6.45) is 5.22. The summed E-state index contributed by atoms with van der Waals surface area (Å²) in [5.74, 6) is 0.0424. The van der Waals surface area contributed by atoms with Gasteiger partial charge in [-0.3, -0.25) is 9.78 Å². The van der Waals surface area contributed by atoms with Crippen molar-refractivity contribution in [1.29, 1.82) is 0 Å². The minimum Gasteiger partial charge on any atom is -0.491 e. The van der Waals surface area contributed by atoms with Crippen LogP contribution in [0.1, 0.15) is 37.2 Å². The Morgan fingerprint density at radius 1 is 1.29 bits per heavy atom. The van der Waals surface area contributed by atoms with Gasteiger partial charge < -0.3 is 14.5 Å². The second-order valence-corrected chi connectivity index (χ2v) is 6.71. The van der Waals surface area contributed by atoms with E-state index >= 15 is 0 Å². The van der Waals surface area contributed by atoms with Crippen molar-refractivity contribution in [2.45, 2.75) is 32.8 Å². The molecule has 3 aromatic rings. The Morgan fingerprint density at radius 2 is 2.04 bits per heavy atom. The van der Waals surface area contributed by atoms with Gasteiger partial charge in [-0.1, -0.05) is 26.2 Å². The van der Waals surface area contributed by atoms with Gasteiger partial charge in [-0.05, 0) is 49.7 Å². The highest BCUT2D eigenvalue weighted by molar-refractivity contribution is 7.79. The van der Waals surface area contributed by atoms with E-state index in [9.17, 15) is 9.59 Å². The first-order chi connectivity index (χ1) is 13.5. The van der Waals surface area contributed by atoms with Crippen molar-refractivity contribution < 1.29 is 18.7 Å². The number of imide groups is 1. The Kier molecular flexibility index (Phi) is 6.20. The monoisotopic (exact) mass is 399 g/mol. The minimum absolute atomic E-state index is 0.00168. The van der Waals surface area contributed by atoms with Crippen LogP contribution < -0.4 is 10.1 Å². The number of thiol groups is 1. The van der Waals surface area contributed by atoms with Crippen LogP contribution >= 0.6 is 12.8 Å². The molecule has 0 bridgehead atoms. The van der Waals surface area contributed by atoms with E-state index in [1.54, 1.807) is 42.6 Å². The molecule has 1 aromatic carbocycles. The van der Waals surface area contributed by atoms with Gasteiger partial charge in [0.1, 0.15) is 5.75 Å². The summed E-state index contributed by atoms with van der Waals surface area (Å²) in [6, 6.07) is 9.48. The van der Waals surface area contributed by atoms with E-state index in [1.165, 1.54) is 6.20 Å². The SMILES string of the molecule is CCCC(C)Oc1ccc(NC(=O)N(S)C(=O)c2cc3ccncc3o2)cc1. The predicted octanol–water partition coefficient (Wildman–Crippen LogP) is 4.91. The number of furan rings is 1. The molecule has 28 heavy (non-hydrogen) atoms. The normalized spacial score (nSPS) is 11.8. The maximum absolute atomic E-state index is 12.4. The maximum atomic E-state index is 12.4. The van der Waals surface area contributed by atoms with Crippen molar-refractivity contribution in [1.82, 2.24) is 9.29 Å². The number of fused-ring (bicyclic) bond motifs is 1. The van der Waals surface area contributed by atoms with Gasteiger partial charge in [0.05, 0.1) is 12.3 Å². The van der Waals surface area contributed by atoms with E-state index in [2.05, 4.69) is 30.0 Å². The van der Waals surface area contributed by atoms with Gasteiger partial charge in [0, 0.05) is 17.3 Å². The molecule has 1 N–H and O–H groups in total. The van der Waals surface area contributed by atoms with Crippen molar-refractivity contribution >= 4 is 41.4 Å². The molecular formula is C20H21N3O4S. The first kappa shape index (κ1) is 19.8. The fourth-order valence-electron chi connectivity index (χ4n) is 2.68. The maximum Gasteiger partial charge on any atom is 0.339 e. The molecule has 7 nitrogen and oxygen atoms in total. The summed E-state index contributed by atoms with van der Waals surface area (Å²) in [7, 11) is 0. The number of aromatic nitrogens is 1. The number of amides is 3. The van der Waals surface area contributed by atoms with E-state index in [-0.39, 0.29) is 11.9 Å². The molecule has 0 radical (unpaired) electrons. The van der Waals surface area contributed by atoms with E-state index in [0.717, 1.165) is 12.8 Å². The van der Waals surface area contributed by atoms with E-state index in [0.29, 0.717) is 26.7 Å². The van der Waals surface area contributed by atoms with Crippen molar-refractivity contribution in [2.24, 2.45) is 0 Å². The molecule has 0 aliphatic rings. The second kappa shape index (κ2) is 8.79. The zero-order valence-electron chi connectivity index (χ0n) is 15.6. The molecule has 1 unspecified atom stereocenters. The van der Waals surface area contributed by atoms with Gasteiger partial charge in [0.15, 0.2) is 11.3 Å². The third-order valence-corrected chi connectivity index (χ3v) is 4.42. The average molecular weight is 399 g/mol. The number of urea groups is 1. The van der Waals surface area contributed by atoms with Crippen molar-refractivity contribution in [3.63, 3.8) is 0 Å². The van der Waals surface area contributed by atoms with Gasteiger partial charge in [-0.25, -0.2) is 9.10 Å². The first-order valence-electron chi connectivity index (χ1n) is 8.92. The fourth-order valence-corrected chi connectivity index (χ4v) is 2.83. The Balaban J connectivity index is 1.62. The highest BCUT2D eigenvalue weighted by atomic mass is 32.1. The van der Waals surface area contributed by atoms with E-state index in [4.69, 9.17) is 9.15 Å². The summed E-state index contributed by atoms with van der Waals surface area (Å²) in [5.41, 5.74) is 0.974. The van der Waals surface area contributed by atoms with Crippen LogP contribution in [-0.2, 0) is 0 Å². The molecule has 0 aliphatic carbocycles. The summed E-state index contributed by atoms with van der Waals surface area (Å²) in [4.78, 5) is 28.7. The molecule has 3 amide bonds. The Hall–Kier alpha value is -3.00. The number of carbonyl (C=O) groups is 2. The summed E-state index contributed by atoms with van der Waals surface area (Å²) in [6.45, 7) is 4.11. The molecule has 0 saturated heterocycles. The van der Waals surface area contributed by atoms with Crippen LogP contribution in [0.4, 0.5) is 10.5 Å². The number of pyridine rings is 1. The lowest BCUT2D eigenvalue weighted by Gasteiger charge is -2.15. The number of rotatable bonds is 6. The van der Waals surface area contributed by atoms with Gasteiger partial charge in [-0.2, -0.15) is 0 Å². The molecule has 0 fully saturated rings. The van der Waals surface area contributed by atoms with Crippen LogP contribution in [0.2, 0.25) is 0 Å². The van der Waals surface area contributed by atoms with Crippen molar-refractivity contribution in [3.8, 4) is 5.75 Å². The van der Waals surface area contributed by atoms with E-state index in [1.807, 2.05) is 6.92 Å². The second-order valence-electron chi connectivity index (χ2n) is 6.31. The smallest absolute Gasteiger partial charge is 0.339 e. The molecule has 8 heteroatoms. The summed E-state index contributed by atoms with van der Waals surface area (Å²) >= 11 is 4.00. The molecular weight excluding hydrogens is 378 g/mol. The number of benzene rings is 1. The summed E-state index contributed by atoms with van der Waals surface area (Å²) in [5, 5.41) is 3.33.